The Morgan fingerprint density at radius 1 is 0.808 bits per heavy atom. The quantitative estimate of drug-likeness (QED) is 0.645. The lowest BCUT2D eigenvalue weighted by Crippen LogP contribution is -2.26. The van der Waals surface area contributed by atoms with Crippen LogP contribution < -0.4 is 10.6 Å². The Bertz CT molecular complexity index is 684. The molecule has 5 heteroatoms. The van der Waals surface area contributed by atoms with Crippen LogP contribution >= 0.6 is 0 Å². The Morgan fingerprint density at radius 2 is 1.35 bits per heavy atom. The molecule has 0 aromatic heterocycles. The molecule has 0 fully saturated rings. The summed E-state index contributed by atoms with van der Waals surface area (Å²) in [4.78, 5) is 24.1. The van der Waals surface area contributed by atoms with Gasteiger partial charge in [-0.3, -0.25) is 9.59 Å². The molecular formula is C21H26N2O3. The normalized spacial score (nSPS) is 10.3. The number of methoxy groups -OCH3 is 1. The molecule has 0 heterocycles. The van der Waals surface area contributed by atoms with Crippen molar-refractivity contribution in [3.05, 3.63) is 71.3 Å². The molecule has 0 spiro atoms. The fraction of sp³-hybridized carbons (Fsp3) is 0.333. The van der Waals surface area contributed by atoms with Gasteiger partial charge >= 0.3 is 0 Å². The predicted octanol–water partition coefficient (Wildman–Crippen LogP) is 2.82. The van der Waals surface area contributed by atoms with E-state index in [-0.39, 0.29) is 11.8 Å². The zero-order valence-corrected chi connectivity index (χ0v) is 15.2. The van der Waals surface area contributed by atoms with Crippen LogP contribution in [0.5, 0.6) is 0 Å². The summed E-state index contributed by atoms with van der Waals surface area (Å²) in [6.07, 6.45) is 2.59. The summed E-state index contributed by atoms with van der Waals surface area (Å²) >= 11 is 0. The van der Waals surface area contributed by atoms with Gasteiger partial charge in [-0.2, -0.15) is 0 Å². The molecule has 2 N–H and O–H groups in total. The molecule has 2 amide bonds. The van der Waals surface area contributed by atoms with Crippen molar-refractivity contribution in [2.24, 2.45) is 0 Å². The van der Waals surface area contributed by atoms with Gasteiger partial charge < -0.3 is 15.4 Å². The average Bonchev–Trinajstić information content (AvgIpc) is 2.69. The largest absolute Gasteiger partial charge is 0.385 e. The molecule has 0 unspecified atom stereocenters. The van der Waals surface area contributed by atoms with E-state index in [0.29, 0.717) is 30.8 Å². The predicted molar refractivity (Wildman–Crippen MR) is 102 cm³/mol. The topological polar surface area (TPSA) is 67.4 Å². The van der Waals surface area contributed by atoms with E-state index in [4.69, 9.17) is 4.74 Å². The van der Waals surface area contributed by atoms with Crippen molar-refractivity contribution < 1.29 is 14.3 Å². The number of aryl methyl sites for hydroxylation is 1. The summed E-state index contributed by atoms with van der Waals surface area (Å²) in [7, 11) is 1.63. The van der Waals surface area contributed by atoms with Crippen LogP contribution in [0.25, 0.3) is 0 Å². The molecule has 26 heavy (non-hydrogen) atoms. The minimum Gasteiger partial charge on any atom is -0.385 e. The van der Waals surface area contributed by atoms with E-state index in [0.717, 1.165) is 19.3 Å². The lowest BCUT2D eigenvalue weighted by Gasteiger charge is -2.07. The Labute approximate surface area is 154 Å². The second kappa shape index (κ2) is 11.1. The second-order valence-corrected chi connectivity index (χ2v) is 6.02. The minimum atomic E-state index is -0.143. The van der Waals surface area contributed by atoms with Crippen LogP contribution in [-0.2, 0) is 11.2 Å². The number of ether oxygens (including phenoxy) is 1. The van der Waals surface area contributed by atoms with Crippen LogP contribution in [0, 0.1) is 0 Å². The number of carbonyl (C=O) groups is 2. The highest BCUT2D eigenvalue weighted by Crippen LogP contribution is 2.05. The van der Waals surface area contributed by atoms with Crippen molar-refractivity contribution in [1.82, 2.24) is 10.6 Å². The zero-order valence-electron chi connectivity index (χ0n) is 15.2. The molecule has 2 aromatic carbocycles. The fourth-order valence-corrected chi connectivity index (χ4v) is 2.53. The summed E-state index contributed by atoms with van der Waals surface area (Å²) in [6.45, 7) is 1.80. The summed E-state index contributed by atoms with van der Waals surface area (Å²) in [5, 5.41) is 5.73. The van der Waals surface area contributed by atoms with Crippen LogP contribution in [0.4, 0.5) is 0 Å². The summed E-state index contributed by atoms with van der Waals surface area (Å²) in [6, 6.07) is 16.9. The Kier molecular flexibility index (Phi) is 8.36. The number of nitrogens with one attached hydrogen (secondary N) is 2. The van der Waals surface area contributed by atoms with E-state index < -0.39 is 0 Å². The number of hydrogen-bond donors (Lipinski definition) is 2. The molecule has 0 radical (unpaired) electrons. The first-order chi connectivity index (χ1) is 12.7. The van der Waals surface area contributed by atoms with E-state index in [1.807, 2.05) is 18.2 Å². The van der Waals surface area contributed by atoms with Crippen molar-refractivity contribution in [2.75, 3.05) is 26.8 Å². The minimum absolute atomic E-state index is 0.120. The van der Waals surface area contributed by atoms with Gasteiger partial charge in [-0.1, -0.05) is 30.3 Å². The first-order valence-electron chi connectivity index (χ1n) is 8.90. The third kappa shape index (κ3) is 6.69. The Hall–Kier alpha value is -2.66. The van der Waals surface area contributed by atoms with Crippen molar-refractivity contribution in [3.8, 4) is 0 Å². The molecular weight excluding hydrogens is 328 g/mol. The summed E-state index contributed by atoms with van der Waals surface area (Å²) < 4.78 is 4.94. The van der Waals surface area contributed by atoms with Crippen molar-refractivity contribution in [3.63, 3.8) is 0 Å². The maximum absolute atomic E-state index is 12.2. The SMILES string of the molecule is COCCCNC(=O)c1ccc(C(=O)NCCCc2ccccc2)cc1. The van der Waals surface area contributed by atoms with Gasteiger partial charge in [0.2, 0.25) is 0 Å². The van der Waals surface area contributed by atoms with E-state index in [1.54, 1.807) is 31.4 Å². The van der Waals surface area contributed by atoms with Gasteiger partial charge in [0.25, 0.3) is 11.8 Å². The first-order valence-corrected chi connectivity index (χ1v) is 8.90. The smallest absolute Gasteiger partial charge is 0.251 e. The van der Waals surface area contributed by atoms with Gasteiger partial charge in [0.05, 0.1) is 0 Å². The summed E-state index contributed by atoms with van der Waals surface area (Å²) in [5.74, 6) is -0.263. The fourth-order valence-electron chi connectivity index (χ4n) is 2.53. The van der Waals surface area contributed by atoms with Crippen LogP contribution in [0.3, 0.4) is 0 Å². The molecule has 2 rings (SSSR count). The van der Waals surface area contributed by atoms with Crippen LogP contribution in [-0.4, -0.2) is 38.6 Å². The van der Waals surface area contributed by atoms with Crippen molar-refractivity contribution in [1.29, 1.82) is 0 Å². The number of rotatable bonds is 10. The van der Waals surface area contributed by atoms with E-state index in [1.165, 1.54) is 5.56 Å². The molecule has 2 aromatic rings. The van der Waals surface area contributed by atoms with E-state index in [2.05, 4.69) is 22.8 Å². The second-order valence-electron chi connectivity index (χ2n) is 6.02. The zero-order chi connectivity index (χ0) is 18.6. The molecule has 0 bridgehead atoms. The van der Waals surface area contributed by atoms with Crippen LogP contribution in [0.1, 0.15) is 39.1 Å². The molecule has 0 aliphatic heterocycles. The lowest BCUT2D eigenvalue weighted by molar-refractivity contribution is 0.0938. The molecule has 5 nitrogen and oxygen atoms in total. The molecule has 0 saturated heterocycles. The summed E-state index contributed by atoms with van der Waals surface area (Å²) in [5.41, 5.74) is 2.37. The number of carbonyl (C=O) groups excluding carboxylic acids is 2. The highest BCUT2D eigenvalue weighted by molar-refractivity contribution is 5.97. The molecule has 0 saturated carbocycles. The van der Waals surface area contributed by atoms with Crippen molar-refractivity contribution >= 4 is 11.8 Å². The van der Waals surface area contributed by atoms with Gasteiger partial charge in [0, 0.05) is 37.9 Å². The molecule has 0 aliphatic carbocycles. The monoisotopic (exact) mass is 354 g/mol. The van der Waals surface area contributed by atoms with Gasteiger partial charge in [0.1, 0.15) is 0 Å². The van der Waals surface area contributed by atoms with Gasteiger partial charge in [-0.05, 0) is 49.1 Å². The number of hydrogen-bond acceptors (Lipinski definition) is 3. The Morgan fingerprint density at radius 3 is 1.88 bits per heavy atom. The maximum atomic E-state index is 12.2. The first kappa shape index (κ1) is 19.7. The molecule has 0 atom stereocenters. The third-order valence-electron chi connectivity index (χ3n) is 3.99. The van der Waals surface area contributed by atoms with E-state index in [9.17, 15) is 9.59 Å². The molecule has 138 valence electrons. The van der Waals surface area contributed by atoms with Gasteiger partial charge in [-0.25, -0.2) is 0 Å². The van der Waals surface area contributed by atoms with Crippen LogP contribution in [0.15, 0.2) is 54.6 Å². The maximum Gasteiger partial charge on any atom is 0.251 e. The van der Waals surface area contributed by atoms with Crippen molar-refractivity contribution in [2.45, 2.75) is 19.3 Å². The van der Waals surface area contributed by atoms with Gasteiger partial charge in [-0.15, -0.1) is 0 Å². The standard InChI is InChI=1S/C21H26N2O3/c1-26-16-6-15-23-21(25)19-12-10-18(11-13-19)20(24)22-14-5-9-17-7-3-2-4-8-17/h2-4,7-8,10-13H,5-6,9,14-16H2,1H3,(H,22,24)(H,23,25). The Balaban J connectivity index is 1.72. The van der Waals surface area contributed by atoms with Crippen LogP contribution in [0.2, 0.25) is 0 Å². The van der Waals surface area contributed by atoms with E-state index >= 15 is 0 Å². The lowest BCUT2D eigenvalue weighted by atomic mass is 10.1. The third-order valence-corrected chi connectivity index (χ3v) is 3.99. The number of benzene rings is 2. The number of amides is 2. The highest BCUT2D eigenvalue weighted by Gasteiger charge is 2.08. The van der Waals surface area contributed by atoms with Gasteiger partial charge in [0.15, 0.2) is 0 Å². The highest BCUT2D eigenvalue weighted by atomic mass is 16.5. The average molecular weight is 354 g/mol. The molecule has 0 aliphatic rings.